The van der Waals surface area contributed by atoms with Gasteiger partial charge in [-0.3, -0.25) is 0 Å². The Kier molecular flexibility index (Phi) is 4.82. The average Bonchev–Trinajstić information content (AvgIpc) is 3.06. The van der Waals surface area contributed by atoms with Crippen LogP contribution in [-0.4, -0.2) is 29.8 Å². The summed E-state index contributed by atoms with van der Waals surface area (Å²) < 4.78 is 7.85. The van der Waals surface area contributed by atoms with Gasteiger partial charge in [-0.2, -0.15) is 5.26 Å². The van der Waals surface area contributed by atoms with E-state index in [-0.39, 0.29) is 0 Å². The molecule has 1 aliphatic rings. The van der Waals surface area contributed by atoms with Crippen molar-refractivity contribution >= 4 is 22.4 Å². The average molecular weight is 374 g/mol. The highest BCUT2D eigenvalue weighted by molar-refractivity contribution is 5.97. The molecule has 1 unspecified atom stereocenters. The zero-order valence-corrected chi connectivity index (χ0v) is 17.0. The maximum Gasteiger partial charge on any atom is 0.143 e. The molecule has 1 aromatic carbocycles. The third-order valence-corrected chi connectivity index (χ3v) is 5.70. The topological polar surface area (TPSA) is 54.1 Å². The van der Waals surface area contributed by atoms with Gasteiger partial charge in [0.25, 0.3) is 0 Å². The van der Waals surface area contributed by atoms with Gasteiger partial charge in [-0.15, -0.1) is 0 Å². The molecule has 5 nitrogen and oxygen atoms in total. The van der Waals surface area contributed by atoms with Crippen LogP contribution in [0, 0.1) is 25.2 Å². The van der Waals surface area contributed by atoms with E-state index >= 15 is 0 Å². The van der Waals surface area contributed by atoms with Gasteiger partial charge in [0.2, 0.25) is 0 Å². The van der Waals surface area contributed by atoms with Gasteiger partial charge in [0, 0.05) is 36.6 Å². The number of methoxy groups -OCH3 is 1. The van der Waals surface area contributed by atoms with Crippen molar-refractivity contribution in [1.29, 1.82) is 5.26 Å². The maximum atomic E-state index is 9.19. The fraction of sp³-hybridized carbons (Fsp3) is 0.391. The predicted octanol–water partition coefficient (Wildman–Crippen LogP) is 4.82. The number of hydrogen-bond acceptors (Lipinski definition) is 4. The third kappa shape index (κ3) is 2.94. The lowest BCUT2D eigenvalue weighted by Gasteiger charge is -2.30. The molecule has 5 heteroatoms. The smallest absolute Gasteiger partial charge is 0.143 e. The van der Waals surface area contributed by atoms with Crippen LogP contribution in [0.1, 0.15) is 41.8 Å². The summed E-state index contributed by atoms with van der Waals surface area (Å²) in [4.78, 5) is 7.24. The van der Waals surface area contributed by atoms with E-state index in [9.17, 15) is 5.26 Å². The molecule has 3 aromatic rings. The van der Waals surface area contributed by atoms with Crippen LogP contribution in [0.2, 0.25) is 0 Å². The quantitative estimate of drug-likeness (QED) is 0.643. The van der Waals surface area contributed by atoms with Crippen molar-refractivity contribution < 1.29 is 4.74 Å². The van der Waals surface area contributed by atoms with E-state index in [1.807, 2.05) is 18.2 Å². The molecule has 0 N–H and O–H groups in total. The van der Waals surface area contributed by atoms with Crippen LogP contribution < -0.4 is 4.90 Å². The second-order valence-corrected chi connectivity index (χ2v) is 7.58. The van der Waals surface area contributed by atoms with Crippen LogP contribution >= 0.6 is 0 Å². The van der Waals surface area contributed by atoms with E-state index in [1.165, 1.54) is 16.5 Å². The minimum absolute atomic E-state index is 0.319. The number of nitriles is 1. The highest BCUT2D eigenvalue weighted by Crippen LogP contribution is 2.40. The highest BCUT2D eigenvalue weighted by Gasteiger charge is 2.27. The van der Waals surface area contributed by atoms with Crippen molar-refractivity contribution in [2.75, 3.05) is 25.2 Å². The Balaban J connectivity index is 1.89. The first-order chi connectivity index (χ1) is 13.6. The van der Waals surface area contributed by atoms with Gasteiger partial charge < -0.3 is 14.2 Å². The van der Waals surface area contributed by atoms with Crippen molar-refractivity contribution in [2.45, 2.75) is 39.7 Å². The molecule has 0 saturated heterocycles. The zero-order valence-electron chi connectivity index (χ0n) is 17.0. The fourth-order valence-electron chi connectivity index (χ4n) is 4.33. The van der Waals surface area contributed by atoms with Crippen molar-refractivity contribution in [1.82, 2.24) is 9.55 Å². The van der Waals surface area contributed by atoms with Crippen LogP contribution in [-0.2, 0) is 11.2 Å². The zero-order chi connectivity index (χ0) is 19.8. The lowest BCUT2D eigenvalue weighted by atomic mass is 10.0. The number of ether oxygens (including phenoxy) is 1. The van der Waals surface area contributed by atoms with E-state index < -0.39 is 0 Å². The van der Waals surface area contributed by atoms with Gasteiger partial charge in [-0.1, -0.05) is 6.92 Å². The lowest BCUT2D eigenvalue weighted by Crippen LogP contribution is -2.25. The largest absolute Gasteiger partial charge is 0.383 e. The molecule has 0 radical (unpaired) electrons. The van der Waals surface area contributed by atoms with Gasteiger partial charge in [-0.05, 0) is 62.1 Å². The van der Waals surface area contributed by atoms with Gasteiger partial charge in [0.05, 0.1) is 29.8 Å². The van der Waals surface area contributed by atoms with Crippen molar-refractivity contribution in [2.24, 2.45) is 0 Å². The molecule has 2 aromatic heterocycles. The van der Waals surface area contributed by atoms with E-state index in [0.717, 1.165) is 42.1 Å². The van der Waals surface area contributed by atoms with E-state index in [2.05, 4.69) is 48.6 Å². The van der Waals surface area contributed by atoms with E-state index in [4.69, 9.17) is 9.72 Å². The van der Waals surface area contributed by atoms with Crippen molar-refractivity contribution in [3.8, 4) is 6.07 Å². The first-order valence-corrected chi connectivity index (χ1v) is 9.85. The molecule has 3 heterocycles. The van der Waals surface area contributed by atoms with E-state index in [1.54, 1.807) is 7.11 Å². The number of nitrogens with zero attached hydrogens (tertiary/aromatic N) is 4. The van der Waals surface area contributed by atoms with E-state index in [0.29, 0.717) is 18.2 Å². The van der Waals surface area contributed by atoms with Gasteiger partial charge in [0.1, 0.15) is 5.82 Å². The van der Waals surface area contributed by atoms with Crippen LogP contribution in [0.25, 0.3) is 10.9 Å². The normalized spacial score (nSPS) is 14.3. The summed E-state index contributed by atoms with van der Waals surface area (Å²) in [6.45, 7) is 7.92. The number of hydrogen-bond donors (Lipinski definition) is 0. The minimum atomic E-state index is 0.319. The van der Waals surface area contributed by atoms with Crippen molar-refractivity contribution in [3.05, 3.63) is 52.8 Å². The van der Waals surface area contributed by atoms with Crippen LogP contribution in [0.3, 0.4) is 0 Å². The lowest BCUT2D eigenvalue weighted by molar-refractivity contribution is 0.155. The molecule has 1 aliphatic heterocycles. The molecule has 0 amide bonds. The Labute approximate surface area is 166 Å². The van der Waals surface area contributed by atoms with Crippen molar-refractivity contribution in [3.63, 3.8) is 0 Å². The molecule has 4 rings (SSSR count). The Morgan fingerprint density at radius 3 is 2.79 bits per heavy atom. The molecule has 0 fully saturated rings. The first-order valence-electron chi connectivity index (χ1n) is 9.85. The van der Waals surface area contributed by atoms with Crippen LogP contribution in [0.5, 0.6) is 0 Å². The fourth-order valence-corrected chi connectivity index (χ4v) is 4.33. The molecule has 0 saturated carbocycles. The molecule has 0 bridgehead atoms. The van der Waals surface area contributed by atoms with Gasteiger partial charge >= 0.3 is 0 Å². The predicted molar refractivity (Wildman–Crippen MR) is 112 cm³/mol. The number of aromatic nitrogens is 2. The van der Waals surface area contributed by atoms with Gasteiger partial charge in [-0.25, -0.2) is 4.98 Å². The second-order valence-electron chi connectivity index (χ2n) is 7.58. The Bertz CT molecular complexity index is 1080. The highest BCUT2D eigenvalue weighted by atomic mass is 16.5. The molecular formula is C23H26N4O. The Hall–Kier alpha value is -2.84. The number of benzene rings is 1. The monoisotopic (exact) mass is 374 g/mol. The summed E-state index contributed by atoms with van der Waals surface area (Å²) in [5.74, 6) is 1.02. The molecule has 0 aliphatic carbocycles. The van der Waals surface area contributed by atoms with Crippen LogP contribution in [0.4, 0.5) is 11.5 Å². The number of pyridine rings is 1. The molecule has 28 heavy (non-hydrogen) atoms. The molecule has 1 atom stereocenters. The maximum absolute atomic E-state index is 9.19. The third-order valence-electron chi connectivity index (χ3n) is 5.70. The summed E-state index contributed by atoms with van der Waals surface area (Å²) in [6.07, 6.45) is 4.29. The van der Waals surface area contributed by atoms with Gasteiger partial charge in [0.15, 0.2) is 0 Å². The second kappa shape index (κ2) is 7.29. The SMILES string of the molecule is CCC(COC)n1cc2c3c(nc(C)cc31)N(c1ccc(C#N)cc1C)CC2. The summed E-state index contributed by atoms with van der Waals surface area (Å²) in [7, 11) is 1.76. The molecule has 0 spiro atoms. The minimum Gasteiger partial charge on any atom is -0.383 e. The molecular weight excluding hydrogens is 348 g/mol. The first kappa shape index (κ1) is 18.5. The summed E-state index contributed by atoms with van der Waals surface area (Å²) in [6, 6.07) is 10.6. The Morgan fingerprint density at radius 1 is 1.29 bits per heavy atom. The number of rotatable bonds is 5. The Morgan fingerprint density at radius 2 is 2.11 bits per heavy atom. The number of aryl methyl sites for hydroxylation is 2. The summed E-state index contributed by atoms with van der Waals surface area (Å²) in [5, 5.41) is 10.4. The van der Waals surface area contributed by atoms with Crippen LogP contribution in [0.15, 0.2) is 30.5 Å². The summed E-state index contributed by atoms with van der Waals surface area (Å²) in [5.41, 5.74) is 6.52. The standard InChI is InChI=1S/C23H26N4O/c1-5-19(14-28-4)27-13-18-8-9-26(20-7-6-17(12-24)10-15(20)2)23-22(18)21(27)11-16(3)25-23/h6-7,10-11,13,19H,5,8-9,14H2,1-4H3. The number of anilines is 2. The molecule has 144 valence electrons. The summed E-state index contributed by atoms with van der Waals surface area (Å²) >= 11 is 0.